The van der Waals surface area contributed by atoms with Gasteiger partial charge in [-0.15, -0.1) is 0 Å². The number of methoxy groups -OCH3 is 3. The second-order valence-electron chi connectivity index (χ2n) is 7.54. The Kier molecular flexibility index (Phi) is 8.86. The van der Waals surface area contributed by atoms with Crippen LogP contribution < -0.4 is 14.8 Å². The molecule has 0 radical (unpaired) electrons. The summed E-state index contributed by atoms with van der Waals surface area (Å²) in [7, 11) is 4.88. The van der Waals surface area contributed by atoms with Gasteiger partial charge in [-0.05, 0) is 30.7 Å². The number of amides is 1. The molecule has 0 spiro atoms. The molecule has 1 atom stereocenters. The lowest BCUT2D eigenvalue weighted by Crippen LogP contribution is -2.28. The lowest BCUT2D eigenvalue weighted by atomic mass is 10.1. The summed E-state index contributed by atoms with van der Waals surface area (Å²) in [6, 6.07) is 16.0. The number of carbonyl (C=O) groups is 1. The number of carbonyl (C=O) groups excluding carboxylic acids is 1. The summed E-state index contributed by atoms with van der Waals surface area (Å²) < 4.78 is 21.6. The number of nitrogens with one attached hydrogen (secondary N) is 1. The number of ether oxygens (including phenoxy) is 3. The number of rotatable bonds is 12. The fourth-order valence-corrected chi connectivity index (χ4v) is 3.52. The molecule has 0 saturated heterocycles. The smallest absolute Gasteiger partial charge is 0.273 e. The van der Waals surface area contributed by atoms with Crippen molar-refractivity contribution in [2.24, 2.45) is 0 Å². The Balaban J connectivity index is 1.84. The molecule has 8 nitrogen and oxygen atoms in total. The highest BCUT2D eigenvalue weighted by Crippen LogP contribution is 2.30. The van der Waals surface area contributed by atoms with Gasteiger partial charge < -0.3 is 23.9 Å². The normalized spacial score (nSPS) is 11.9. The fourth-order valence-electron chi connectivity index (χ4n) is 3.52. The zero-order chi connectivity index (χ0) is 23.6. The zero-order valence-electron chi connectivity index (χ0n) is 19.5. The van der Waals surface area contributed by atoms with E-state index in [2.05, 4.69) is 34.3 Å². The third-order valence-electron chi connectivity index (χ3n) is 5.41. The molecule has 0 aliphatic carbocycles. The molecule has 0 bridgehead atoms. The predicted molar refractivity (Wildman–Crippen MR) is 124 cm³/mol. The summed E-state index contributed by atoms with van der Waals surface area (Å²) in [5.41, 5.74) is 2.37. The molecule has 3 rings (SSSR count). The van der Waals surface area contributed by atoms with E-state index < -0.39 is 0 Å². The quantitative estimate of drug-likeness (QED) is 0.417. The number of hydrogen-bond acceptors (Lipinski definition) is 7. The van der Waals surface area contributed by atoms with Crippen LogP contribution in [0.15, 0.2) is 59.2 Å². The average molecular weight is 454 g/mol. The summed E-state index contributed by atoms with van der Waals surface area (Å²) in [4.78, 5) is 18.9. The standard InChI is InChI=1S/C25H31N3O5/c1-18(19-8-6-5-7-9-19)28(15-20-14-21(31-3)10-11-23(20)32-4)16-24-27-22(17-33-24)25(29)26-12-13-30-2/h5-11,14,17-18H,12-13,15-16H2,1-4H3,(H,26,29)/t18-/m1/s1. The number of oxazole rings is 1. The molecule has 3 aromatic rings. The van der Waals surface area contributed by atoms with Crippen molar-refractivity contribution in [1.82, 2.24) is 15.2 Å². The van der Waals surface area contributed by atoms with Crippen LogP contribution in [-0.4, -0.2) is 50.3 Å². The minimum atomic E-state index is -0.292. The molecule has 8 heteroatoms. The largest absolute Gasteiger partial charge is 0.497 e. The second kappa shape index (κ2) is 12.0. The summed E-state index contributed by atoms with van der Waals surface area (Å²) in [6.45, 7) is 3.94. The Labute approximate surface area is 194 Å². The van der Waals surface area contributed by atoms with E-state index in [9.17, 15) is 4.79 Å². The van der Waals surface area contributed by atoms with Crippen LogP contribution in [0.25, 0.3) is 0 Å². The first-order valence-electron chi connectivity index (χ1n) is 10.8. The third kappa shape index (κ3) is 6.57. The molecular weight excluding hydrogens is 422 g/mol. The number of benzene rings is 2. The van der Waals surface area contributed by atoms with Crippen LogP contribution >= 0.6 is 0 Å². The van der Waals surface area contributed by atoms with Gasteiger partial charge in [0, 0.05) is 31.8 Å². The minimum Gasteiger partial charge on any atom is -0.497 e. The van der Waals surface area contributed by atoms with Crippen molar-refractivity contribution < 1.29 is 23.4 Å². The van der Waals surface area contributed by atoms with Crippen molar-refractivity contribution >= 4 is 5.91 Å². The van der Waals surface area contributed by atoms with Crippen LogP contribution in [0.4, 0.5) is 0 Å². The van der Waals surface area contributed by atoms with Gasteiger partial charge in [-0.3, -0.25) is 9.69 Å². The molecule has 176 valence electrons. The van der Waals surface area contributed by atoms with Crippen molar-refractivity contribution in [3.05, 3.63) is 77.5 Å². The summed E-state index contributed by atoms with van der Waals surface area (Å²) >= 11 is 0. The first kappa shape index (κ1) is 24.3. The van der Waals surface area contributed by atoms with Crippen molar-refractivity contribution in [1.29, 1.82) is 0 Å². The van der Waals surface area contributed by atoms with E-state index >= 15 is 0 Å². The summed E-state index contributed by atoms with van der Waals surface area (Å²) in [6.07, 6.45) is 1.38. The van der Waals surface area contributed by atoms with Gasteiger partial charge in [0.15, 0.2) is 5.69 Å². The van der Waals surface area contributed by atoms with Gasteiger partial charge in [0.25, 0.3) is 5.91 Å². The Bertz CT molecular complexity index is 1020. The van der Waals surface area contributed by atoms with E-state index in [0.29, 0.717) is 32.1 Å². The highest BCUT2D eigenvalue weighted by Gasteiger charge is 2.22. The Hall–Kier alpha value is -3.36. The topological polar surface area (TPSA) is 86.1 Å². The van der Waals surface area contributed by atoms with E-state index in [4.69, 9.17) is 18.6 Å². The predicted octanol–water partition coefficient (Wildman–Crippen LogP) is 3.83. The molecule has 0 aliphatic rings. The number of hydrogen-bond donors (Lipinski definition) is 1. The van der Waals surface area contributed by atoms with Gasteiger partial charge in [0.1, 0.15) is 17.8 Å². The van der Waals surface area contributed by atoms with Crippen molar-refractivity contribution in [3.63, 3.8) is 0 Å². The van der Waals surface area contributed by atoms with Gasteiger partial charge in [-0.2, -0.15) is 0 Å². The van der Waals surface area contributed by atoms with Gasteiger partial charge in [-0.1, -0.05) is 30.3 Å². The van der Waals surface area contributed by atoms with Gasteiger partial charge in [0.2, 0.25) is 5.89 Å². The first-order chi connectivity index (χ1) is 16.0. The Morgan fingerprint density at radius 3 is 2.58 bits per heavy atom. The zero-order valence-corrected chi connectivity index (χ0v) is 19.5. The fraction of sp³-hybridized carbons (Fsp3) is 0.360. The molecule has 1 aromatic heterocycles. The van der Waals surface area contributed by atoms with E-state index in [0.717, 1.165) is 22.6 Å². The maximum absolute atomic E-state index is 12.3. The van der Waals surface area contributed by atoms with Gasteiger partial charge >= 0.3 is 0 Å². The molecule has 0 unspecified atom stereocenters. The highest BCUT2D eigenvalue weighted by atomic mass is 16.5. The van der Waals surface area contributed by atoms with Crippen LogP contribution in [0, 0.1) is 0 Å². The van der Waals surface area contributed by atoms with E-state index in [1.807, 2.05) is 36.4 Å². The van der Waals surface area contributed by atoms with E-state index in [1.54, 1.807) is 21.3 Å². The third-order valence-corrected chi connectivity index (χ3v) is 5.41. The molecule has 1 amide bonds. The van der Waals surface area contributed by atoms with Crippen molar-refractivity contribution in [2.75, 3.05) is 34.5 Å². The average Bonchev–Trinajstić information content (AvgIpc) is 3.32. The second-order valence-corrected chi connectivity index (χ2v) is 7.54. The lowest BCUT2D eigenvalue weighted by Gasteiger charge is -2.29. The first-order valence-corrected chi connectivity index (χ1v) is 10.8. The van der Waals surface area contributed by atoms with Crippen LogP contribution in [0.1, 0.15) is 40.5 Å². The summed E-state index contributed by atoms with van der Waals surface area (Å²) in [5, 5.41) is 2.75. The lowest BCUT2D eigenvalue weighted by molar-refractivity contribution is 0.0932. The maximum atomic E-state index is 12.3. The Morgan fingerprint density at radius 1 is 1.09 bits per heavy atom. The van der Waals surface area contributed by atoms with Crippen LogP contribution in [0.2, 0.25) is 0 Å². The van der Waals surface area contributed by atoms with E-state index in [1.165, 1.54) is 6.26 Å². The summed E-state index contributed by atoms with van der Waals surface area (Å²) in [5.74, 6) is 1.69. The van der Waals surface area contributed by atoms with Crippen LogP contribution in [0.5, 0.6) is 11.5 Å². The molecule has 0 saturated carbocycles. The van der Waals surface area contributed by atoms with E-state index in [-0.39, 0.29) is 17.6 Å². The molecule has 1 N–H and O–H groups in total. The molecule has 33 heavy (non-hydrogen) atoms. The number of nitrogens with zero attached hydrogens (tertiary/aromatic N) is 2. The van der Waals surface area contributed by atoms with Gasteiger partial charge in [-0.25, -0.2) is 4.98 Å². The number of aromatic nitrogens is 1. The molecule has 0 fully saturated rings. The van der Waals surface area contributed by atoms with Crippen LogP contribution in [0.3, 0.4) is 0 Å². The maximum Gasteiger partial charge on any atom is 0.273 e. The van der Waals surface area contributed by atoms with Gasteiger partial charge in [0.05, 0.1) is 27.4 Å². The van der Waals surface area contributed by atoms with Crippen LogP contribution in [-0.2, 0) is 17.8 Å². The minimum absolute atomic E-state index is 0.0491. The highest BCUT2D eigenvalue weighted by molar-refractivity contribution is 5.91. The molecule has 1 heterocycles. The molecule has 2 aromatic carbocycles. The monoisotopic (exact) mass is 453 g/mol. The van der Waals surface area contributed by atoms with Crippen molar-refractivity contribution in [3.8, 4) is 11.5 Å². The molecular formula is C25H31N3O5. The van der Waals surface area contributed by atoms with Crippen molar-refractivity contribution in [2.45, 2.75) is 26.1 Å². The molecule has 0 aliphatic heterocycles. The SMILES string of the molecule is COCCNC(=O)c1coc(CN(Cc2cc(OC)ccc2OC)[C@H](C)c2ccccc2)n1. The Morgan fingerprint density at radius 2 is 1.88 bits per heavy atom.